The Morgan fingerprint density at radius 1 is 1.44 bits per heavy atom. The quantitative estimate of drug-likeness (QED) is 0.945. The molecule has 0 unspecified atom stereocenters. The SMILES string of the molecule is Cn1ncc(Br)c1C(=O)NCc1ccc(F)cc1. The Balaban J connectivity index is 2.03. The van der Waals surface area contributed by atoms with Crippen molar-refractivity contribution in [3.8, 4) is 0 Å². The summed E-state index contributed by atoms with van der Waals surface area (Å²) in [5.41, 5.74) is 1.29. The summed E-state index contributed by atoms with van der Waals surface area (Å²) in [5, 5.41) is 6.71. The van der Waals surface area contributed by atoms with E-state index in [1.165, 1.54) is 16.8 Å². The highest BCUT2D eigenvalue weighted by molar-refractivity contribution is 9.10. The lowest BCUT2D eigenvalue weighted by Crippen LogP contribution is -2.25. The van der Waals surface area contributed by atoms with Crippen molar-refractivity contribution in [2.24, 2.45) is 7.05 Å². The zero-order valence-electron chi connectivity index (χ0n) is 9.65. The number of halogens is 2. The van der Waals surface area contributed by atoms with E-state index in [1.807, 2.05) is 0 Å². The minimum atomic E-state index is -0.292. The number of carbonyl (C=O) groups is 1. The number of nitrogens with one attached hydrogen (secondary N) is 1. The second-order valence-electron chi connectivity index (χ2n) is 3.77. The molecule has 0 spiro atoms. The number of hydrogen-bond acceptors (Lipinski definition) is 2. The normalized spacial score (nSPS) is 10.4. The van der Waals surface area contributed by atoms with Crippen LogP contribution in [0.15, 0.2) is 34.9 Å². The van der Waals surface area contributed by atoms with Gasteiger partial charge in [0.25, 0.3) is 5.91 Å². The lowest BCUT2D eigenvalue weighted by Gasteiger charge is -2.06. The summed E-state index contributed by atoms with van der Waals surface area (Å²) in [6.45, 7) is 0.344. The van der Waals surface area contributed by atoms with Gasteiger partial charge in [-0.05, 0) is 33.6 Å². The highest BCUT2D eigenvalue weighted by Gasteiger charge is 2.14. The van der Waals surface area contributed by atoms with Gasteiger partial charge < -0.3 is 5.32 Å². The molecule has 0 aliphatic rings. The number of hydrogen-bond donors (Lipinski definition) is 1. The maximum Gasteiger partial charge on any atom is 0.270 e. The Kier molecular flexibility index (Phi) is 3.76. The fourth-order valence-corrected chi connectivity index (χ4v) is 2.06. The third-order valence-electron chi connectivity index (χ3n) is 2.48. The summed E-state index contributed by atoms with van der Waals surface area (Å²) in [4.78, 5) is 11.9. The highest BCUT2D eigenvalue weighted by Crippen LogP contribution is 2.14. The topological polar surface area (TPSA) is 46.9 Å². The molecule has 0 radical (unpaired) electrons. The molecule has 2 rings (SSSR count). The molecule has 0 atom stereocenters. The monoisotopic (exact) mass is 311 g/mol. The van der Waals surface area contributed by atoms with Crippen LogP contribution >= 0.6 is 15.9 Å². The van der Waals surface area contributed by atoms with Crippen molar-refractivity contribution >= 4 is 21.8 Å². The molecule has 1 amide bonds. The fourth-order valence-electron chi connectivity index (χ4n) is 1.53. The molecule has 0 aliphatic heterocycles. The summed E-state index contributed by atoms with van der Waals surface area (Å²) in [5.74, 6) is -0.523. The number of rotatable bonds is 3. The summed E-state index contributed by atoms with van der Waals surface area (Å²) in [6.07, 6.45) is 1.56. The zero-order valence-corrected chi connectivity index (χ0v) is 11.2. The smallest absolute Gasteiger partial charge is 0.270 e. The average Bonchev–Trinajstić information content (AvgIpc) is 2.68. The van der Waals surface area contributed by atoms with Gasteiger partial charge in [-0.15, -0.1) is 0 Å². The van der Waals surface area contributed by atoms with Gasteiger partial charge in [0.15, 0.2) is 0 Å². The summed E-state index contributed by atoms with van der Waals surface area (Å²) >= 11 is 3.26. The summed E-state index contributed by atoms with van der Waals surface area (Å²) in [6, 6.07) is 5.99. The highest BCUT2D eigenvalue weighted by atomic mass is 79.9. The van der Waals surface area contributed by atoms with Gasteiger partial charge in [0.2, 0.25) is 0 Å². The molecule has 0 saturated heterocycles. The molecule has 94 valence electrons. The maximum atomic E-state index is 12.7. The van der Waals surface area contributed by atoms with Crippen LogP contribution in [-0.2, 0) is 13.6 Å². The molecule has 2 aromatic rings. The van der Waals surface area contributed by atoms with E-state index in [0.717, 1.165) is 5.56 Å². The first-order chi connectivity index (χ1) is 8.58. The van der Waals surface area contributed by atoms with Crippen LogP contribution in [0.1, 0.15) is 16.1 Å². The van der Waals surface area contributed by atoms with Gasteiger partial charge in [0.05, 0.1) is 10.7 Å². The van der Waals surface area contributed by atoms with E-state index in [4.69, 9.17) is 0 Å². The van der Waals surface area contributed by atoms with Crippen LogP contribution in [0.3, 0.4) is 0 Å². The minimum Gasteiger partial charge on any atom is -0.347 e. The second-order valence-corrected chi connectivity index (χ2v) is 4.63. The van der Waals surface area contributed by atoms with Crippen molar-refractivity contribution in [1.82, 2.24) is 15.1 Å². The Morgan fingerprint density at radius 2 is 2.11 bits per heavy atom. The van der Waals surface area contributed by atoms with Crippen LogP contribution in [0.5, 0.6) is 0 Å². The number of aryl methyl sites for hydroxylation is 1. The Hall–Kier alpha value is -1.69. The van der Waals surface area contributed by atoms with Crippen LogP contribution in [0, 0.1) is 5.82 Å². The Bertz CT molecular complexity index is 546. The van der Waals surface area contributed by atoms with Gasteiger partial charge in [0.1, 0.15) is 11.5 Å². The largest absolute Gasteiger partial charge is 0.347 e. The standard InChI is InChI=1S/C12H11BrFN3O/c1-17-11(10(13)7-16-17)12(18)15-6-8-2-4-9(14)5-3-8/h2-5,7H,6H2,1H3,(H,15,18). The van der Waals surface area contributed by atoms with Crippen molar-refractivity contribution in [3.63, 3.8) is 0 Å². The molecular weight excluding hydrogens is 301 g/mol. The minimum absolute atomic E-state index is 0.230. The van der Waals surface area contributed by atoms with E-state index >= 15 is 0 Å². The molecule has 0 saturated carbocycles. The lowest BCUT2D eigenvalue weighted by molar-refractivity contribution is 0.0940. The maximum absolute atomic E-state index is 12.7. The van der Waals surface area contributed by atoms with Crippen LogP contribution in [0.25, 0.3) is 0 Å². The van der Waals surface area contributed by atoms with Gasteiger partial charge in [-0.1, -0.05) is 12.1 Å². The molecule has 0 aliphatic carbocycles. The third kappa shape index (κ3) is 2.76. The van der Waals surface area contributed by atoms with Crippen molar-refractivity contribution < 1.29 is 9.18 Å². The molecule has 1 heterocycles. The van der Waals surface area contributed by atoms with Gasteiger partial charge in [-0.3, -0.25) is 9.48 Å². The second kappa shape index (κ2) is 5.30. The van der Waals surface area contributed by atoms with Gasteiger partial charge >= 0.3 is 0 Å². The average molecular weight is 312 g/mol. The van der Waals surface area contributed by atoms with Gasteiger partial charge in [-0.25, -0.2) is 4.39 Å². The van der Waals surface area contributed by atoms with Crippen LogP contribution in [0.4, 0.5) is 4.39 Å². The molecule has 1 aromatic carbocycles. The van der Waals surface area contributed by atoms with Crippen LogP contribution in [0.2, 0.25) is 0 Å². The Labute approximate surface area is 112 Å². The van der Waals surface area contributed by atoms with E-state index in [9.17, 15) is 9.18 Å². The summed E-state index contributed by atoms with van der Waals surface area (Å²) in [7, 11) is 1.69. The molecule has 18 heavy (non-hydrogen) atoms. The molecule has 0 bridgehead atoms. The first-order valence-electron chi connectivity index (χ1n) is 5.28. The van der Waals surface area contributed by atoms with E-state index in [1.54, 1.807) is 25.4 Å². The predicted molar refractivity (Wildman–Crippen MR) is 68.5 cm³/mol. The third-order valence-corrected chi connectivity index (χ3v) is 3.06. The first kappa shape index (κ1) is 12.8. The number of benzene rings is 1. The zero-order chi connectivity index (χ0) is 13.1. The Morgan fingerprint density at radius 3 is 2.67 bits per heavy atom. The summed E-state index contributed by atoms with van der Waals surface area (Å²) < 4.78 is 14.8. The molecule has 4 nitrogen and oxygen atoms in total. The molecule has 1 N–H and O–H groups in total. The van der Waals surface area contributed by atoms with E-state index < -0.39 is 0 Å². The van der Waals surface area contributed by atoms with E-state index in [0.29, 0.717) is 16.7 Å². The van der Waals surface area contributed by atoms with Crippen LogP contribution < -0.4 is 5.32 Å². The van der Waals surface area contributed by atoms with Crippen molar-refractivity contribution in [3.05, 3.63) is 52.0 Å². The number of aromatic nitrogens is 2. The van der Waals surface area contributed by atoms with Crippen molar-refractivity contribution in [2.75, 3.05) is 0 Å². The number of nitrogens with zero attached hydrogens (tertiary/aromatic N) is 2. The van der Waals surface area contributed by atoms with Gasteiger partial charge in [0, 0.05) is 13.6 Å². The van der Waals surface area contributed by atoms with Crippen molar-refractivity contribution in [2.45, 2.75) is 6.54 Å². The fraction of sp³-hybridized carbons (Fsp3) is 0.167. The molecule has 1 aromatic heterocycles. The van der Waals surface area contributed by atoms with E-state index in [-0.39, 0.29) is 11.7 Å². The molecule has 6 heteroatoms. The van der Waals surface area contributed by atoms with Crippen LogP contribution in [-0.4, -0.2) is 15.7 Å². The first-order valence-corrected chi connectivity index (χ1v) is 6.07. The number of amides is 1. The number of carbonyl (C=O) groups excluding carboxylic acids is 1. The predicted octanol–water partition coefficient (Wildman–Crippen LogP) is 2.25. The molecular formula is C12H11BrFN3O. The lowest BCUT2D eigenvalue weighted by atomic mass is 10.2. The molecule has 0 fully saturated rings. The van der Waals surface area contributed by atoms with Crippen molar-refractivity contribution in [1.29, 1.82) is 0 Å². The van der Waals surface area contributed by atoms with E-state index in [2.05, 4.69) is 26.3 Å². The van der Waals surface area contributed by atoms with Gasteiger partial charge in [-0.2, -0.15) is 5.10 Å².